The van der Waals surface area contributed by atoms with Crippen LogP contribution in [-0.2, 0) is 10.0 Å². The first kappa shape index (κ1) is 17.9. The molecule has 0 radical (unpaired) electrons. The lowest BCUT2D eigenvalue weighted by Crippen LogP contribution is -2.21. The summed E-state index contributed by atoms with van der Waals surface area (Å²) in [6, 6.07) is 9.99. The van der Waals surface area contributed by atoms with Crippen LogP contribution in [0.3, 0.4) is 0 Å². The quantitative estimate of drug-likeness (QED) is 0.687. The molecule has 1 N–H and O–H groups in total. The molecule has 0 amide bonds. The van der Waals surface area contributed by atoms with E-state index in [1.54, 1.807) is 24.3 Å². The van der Waals surface area contributed by atoms with E-state index in [1.165, 1.54) is 12.3 Å². The van der Waals surface area contributed by atoms with Crippen molar-refractivity contribution in [3.05, 3.63) is 60.5 Å². The molecule has 0 fully saturated rings. The molecule has 136 valence electrons. The number of nitrogens with one attached hydrogen (secondary N) is 1. The molecule has 0 saturated carbocycles. The number of anilines is 1. The zero-order chi connectivity index (χ0) is 18.9. The molecule has 3 rings (SSSR count). The van der Waals surface area contributed by atoms with Gasteiger partial charge in [-0.05, 0) is 30.3 Å². The first-order chi connectivity index (χ1) is 12.1. The lowest BCUT2D eigenvalue weighted by Gasteiger charge is -2.14. The molecule has 0 saturated heterocycles. The second-order valence-electron chi connectivity index (χ2n) is 5.16. The lowest BCUT2D eigenvalue weighted by atomic mass is 10.2. The molecule has 1 heterocycles. The van der Waals surface area contributed by atoms with E-state index >= 15 is 0 Å². The number of hydrogen-bond donors (Lipinski definition) is 1. The summed E-state index contributed by atoms with van der Waals surface area (Å²) in [7, 11) is -4.56. The van der Waals surface area contributed by atoms with Gasteiger partial charge in [0.25, 0.3) is 10.0 Å². The van der Waals surface area contributed by atoms with Crippen LogP contribution in [-0.4, -0.2) is 19.8 Å². The van der Waals surface area contributed by atoms with E-state index in [9.17, 15) is 26.0 Å². The summed E-state index contributed by atoms with van der Waals surface area (Å²) in [5, 5.41) is 0.610. The highest BCUT2D eigenvalue weighted by atomic mass is 32.2. The van der Waals surface area contributed by atoms with E-state index in [-0.39, 0.29) is 5.69 Å². The third-order valence-corrected chi connectivity index (χ3v) is 4.67. The minimum absolute atomic E-state index is 0.00548. The van der Waals surface area contributed by atoms with Crippen molar-refractivity contribution in [2.45, 2.75) is 11.3 Å². The Balaban J connectivity index is 2.00. The summed E-state index contributed by atoms with van der Waals surface area (Å²) in [5.41, 5.74) is 0.605. The highest BCUT2D eigenvalue weighted by Gasteiger charge is 2.34. The van der Waals surface area contributed by atoms with Crippen molar-refractivity contribution < 1.29 is 30.7 Å². The van der Waals surface area contributed by atoms with Gasteiger partial charge in [-0.15, -0.1) is 13.2 Å². The maximum Gasteiger partial charge on any atom is 0.573 e. The number of nitrogens with zero attached hydrogens (tertiary/aromatic N) is 1. The second kappa shape index (κ2) is 6.45. The number of benzene rings is 2. The highest BCUT2D eigenvalue weighted by Crippen LogP contribution is 2.31. The summed E-state index contributed by atoms with van der Waals surface area (Å²) in [5.74, 6) is -2.07. The Morgan fingerprint density at radius 2 is 1.77 bits per heavy atom. The van der Waals surface area contributed by atoms with Gasteiger partial charge in [0.15, 0.2) is 0 Å². The molecule has 0 aliphatic carbocycles. The Hall–Kier alpha value is -2.88. The third-order valence-electron chi connectivity index (χ3n) is 3.26. The van der Waals surface area contributed by atoms with Crippen molar-refractivity contribution in [3.8, 4) is 5.75 Å². The smallest absolute Gasteiger partial charge is 0.404 e. The fourth-order valence-corrected chi connectivity index (χ4v) is 3.41. The molecule has 1 aromatic heterocycles. The number of para-hydroxylation sites is 1. The fraction of sp³-hybridized carbons (Fsp3) is 0.0625. The molecular formula is C16H10F4N2O3S. The van der Waals surface area contributed by atoms with Crippen LogP contribution in [0.4, 0.5) is 23.2 Å². The van der Waals surface area contributed by atoms with Gasteiger partial charge < -0.3 is 4.74 Å². The van der Waals surface area contributed by atoms with Gasteiger partial charge in [0.05, 0.1) is 17.4 Å². The molecule has 3 aromatic rings. The van der Waals surface area contributed by atoms with Crippen molar-refractivity contribution in [2.75, 3.05) is 4.72 Å². The van der Waals surface area contributed by atoms with Gasteiger partial charge in [-0.1, -0.05) is 18.2 Å². The molecule has 26 heavy (non-hydrogen) atoms. The van der Waals surface area contributed by atoms with Gasteiger partial charge in [-0.3, -0.25) is 9.71 Å². The molecule has 10 heteroatoms. The molecule has 0 aliphatic heterocycles. The summed E-state index contributed by atoms with van der Waals surface area (Å²) in [4.78, 5) is 3.06. The predicted molar refractivity (Wildman–Crippen MR) is 85.6 cm³/mol. The average Bonchev–Trinajstić information content (AvgIpc) is 2.55. The topological polar surface area (TPSA) is 68.3 Å². The van der Waals surface area contributed by atoms with Crippen LogP contribution < -0.4 is 9.46 Å². The maximum absolute atomic E-state index is 13.4. The minimum Gasteiger partial charge on any atom is -0.404 e. The number of rotatable bonds is 4. The van der Waals surface area contributed by atoms with Crippen molar-refractivity contribution in [1.82, 2.24) is 4.98 Å². The Kier molecular flexibility index (Phi) is 4.45. The Bertz CT molecular complexity index is 1070. The van der Waals surface area contributed by atoms with Crippen LogP contribution in [0.1, 0.15) is 0 Å². The van der Waals surface area contributed by atoms with Gasteiger partial charge in [0, 0.05) is 5.39 Å². The molecule has 0 atom stereocenters. The van der Waals surface area contributed by atoms with Crippen molar-refractivity contribution in [3.63, 3.8) is 0 Å². The molecule has 0 unspecified atom stereocenters. The minimum atomic E-state index is -5.13. The van der Waals surface area contributed by atoms with Gasteiger partial charge in [-0.2, -0.15) is 0 Å². The summed E-state index contributed by atoms with van der Waals surface area (Å²) in [6.07, 6.45) is -3.93. The molecule has 2 aromatic carbocycles. The molecule has 5 nitrogen and oxygen atoms in total. The molecule has 0 aliphatic rings. The fourth-order valence-electron chi connectivity index (χ4n) is 2.24. The maximum atomic E-state index is 13.4. The van der Waals surface area contributed by atoms with Gasteiger partial charge in [-0.25, -0.2) is 12.8 Å². The number of fused-ring (bicyclic) bond motifs is 1. The van der Waals surface area contributed by atoms with Gasteiger partial charge in [0.2, 0.25) is 0 Å². The summed E-state index contributed by atoms with van der Waals surface area (Å²) >= 11 is 0. The number of aromatic nitrogens is 1. The van der Waals surface area contributed by atoms with Crippen molar-refractivity contribution in [2.24, 2.45) is 0 Å². The Morgan fingerprint density at radius 3 is 2.50 bits per heavy atom. The van der Waals surface area contributed by atoms with Crippen LogP contribution in [0, 0.1) is 5.82 Å². The molecular weight excluding hydrogens is 376 g/mol. The predicted octanol–water partition coefficient (Wildman–Crippen LogP) is 4.07. The average molecular weight is 386 g/mol. The van der Waals surface area contributed by atoms with Crippen LogP contribution in [0.5, 0.6) is 5.75 Å². The second-order valence-corrected chi connectivity index (χ2v) is 6.81. The number of halogens is 4. The van der Waals surface area contributed by atoms with E-state index in [0.29, 0.717) is 29.1 Å². The number of sulfonamides is 1. The number of pyridine rings is 1. The third kappa shape index (κ3) is 4.02. The zero-order valence-corrected chi connectivity index (χ0v) is 13.6. The van der Waals surface area contributed by atoms with E-state index < -0.39 is 32.8 Å². The lowest BCUT2D eigenvalue weighted by molar-refractivity contribution is -0.275. The summed E-state index contributed by atoms with van der Waals surface area (Å²) < 4.78 is 81.5. The highest BCUT2D eigenvalue weighted by molar-refractivity contribution is 7.92. The van der Waals surface area contributed by atoms with E-state index in [2.05, 4.69) is 14.4 Å². The Morgan fingerprint density at radius 1 is 1.04 bits per heavy atom. The zero-order valence-electron chi connectivity index (χ0n) is 12.8. The normalized spacial score (nSPS) is 12.2. The monoisotopic (exact) mass is 386 g/mol. The first-order valence-corrected chi connectivity index (χ1v) is 8.55. The number of alkyl halides is 3. The first-order valence-electron chi connectivity index (χ1n) is 7.07. The van der Waals surface area contributed by atoms with Gasteiger partial charge >= 0.3 is 6.36 Å². The largest absolute Gasteiger partial charge is 0.573 e. The van der Waals surface area contributed by atoms with Gasteiger partial charge in [0.1, 0.15) is 16.5 Å². The SMILES string of the molecule is O=S(=O)(Nc1cnc2ccccc2c1)c1cc(F)ccc1OC(F)(F)F. The van der Waals surface area contributed by atoms with Crippen molar-refractivity contribution >= 4 is 26.6 Å². The summed E-state index contributed by atoms with van der Waals surface area (Å²) in [6.45, 7) is 0. The van der Waals surface area contributed by atoms with E-state index in [4.69, 9.17) is 0 Å². The Labute approximate surface area is 145 Å². The number of ether oxygens (including phenoxy) is 1. The standard InChI is InChI=1S/C16H10F4N2O3S/c17-11-5-6-14(25-16(18,19)20)15(8-11)26(23,24)22-12-7-10-3-1-2-4-13(10)21-9-12/h1-9,22H. The number of hydrogen-bond acceptors (Lipinski definition) is 4. The van der Waals surface area contributed by atoms with E-state index in [1.807, 2.05) is 0 Å². The molecule has 0 spiro atoms. The van der Waals surface area contributed by atoms with Crippen LogP contribution in [0.2, 0.25) is 0 Å². The van der Waals surface area contributed by atoms with E-state index in [0.717, 1.165) is 0 Å². The van der Waals surface area contributed by atoms with Crippen LogP contribution in [0.25, 0.3) is 10.9 Å². The molecule has 0 bridgehead atoms. The van der Waals surface area contributed by atoms with Crippen molar-refractivity contribution in [1.29, 1.82) is 0 Å². The van der Waals surface area contributed by atoms with Crippen LogP contribution >= 0.6 is 0 Å². The van der Waals surface area contributed by atoms with Crippen LogP contribution in [0.15, 0.2) is 59.6 Å².